The molecule has 0 bridgehead atoms. The standard InChI is InChI=1S/C17H18N4O2/c1-17(2,15-19-10-14-8-9-18-12-21(14)15)20-16(22)23-11-13-6-4-3-5-7-13/h3-10,12H,11H2,1-2H3,(H,20,22). The lowest BCUT2D eigenvalue weighted by Gasteiger charge is -2.24. The average molecular weight is 310 g/mol. The van der Waals surface area contributed by atoms with Crippen LogP contribution in [-0.2, 0) is 16.9 Å². The Morgan fingerprint density at radius 2 is 2.04 bits per heavy atom. The summed E-state index contributed by atoms with van der Waals surface area (Å²) >= 11 is 0. The topological polar surface area (TPSA) is 68.5 Å². The molecule has 0 aliphatic heterocycles. The van der Waals surface area contributed by atoms with Crippen LogP contribution in [0.2, 0.25) is 0 Å². The molecule has 0 aliphatic carbocycles. The van der Waals surface area contributed by atoms with Gasteiger partial charge in [0.25, 0.3) is 0 Å². The Bertz CT molecular complexity index is 812. The number of benzene rings is 1. The maximum atomic E-state index is 12.1. The van der Waals surface area contributed by atoms with Gasteiger partial charge in [-0.2, -0.15) is 0 Å². The zero-order valence-electron chi connectivity index (χ0n) is 13.1. The van der Waals surface area contributed by atoms with E-state index in [9.17, 15) is 4.79 Å². The van der Waals surface area contributed by atoms with Crippen LogP contribution in [0.25, 0.3) is 5.52 Å². The number of alkyl carbamates (subject to hydrolysis) is 1. The van der Waals surface area contributed by atoms with E-state index in [0.29, 0.717) is 5.82 Å². The summed E-state index contributed by atoms with van der Waals surface area (Å²) in [7, 11) is 0. The Balaban J connectivity index is 1.69. The van der Waals surface area contributed by atoms with Gasteiger partial charge in [0.15, 0.2) is 0 Å². The molecule has 23 heavy (non-hydrogen) atoms. The summed E-state index contributed by atoms with van der Waals surface area (Å²) < 4.78 is 7.12. The monoisotopic (exact) mass is 310 g/mol. The van der Waals surface area contributed by atoms with Crippen LogP contribution in [0.1, 0.15) is 25.2 Å². The summed E-state index contributed by atoms with van der Waals surface area (Å²) in [5.41, 5.74) is 1.17. The van der Waals surface area contributed by atoms with Crippen molar-refractivity contribution in [2.75, 3.05) is 0 Å². The van der Waals surface area contributed by atoms with E-state index in [-0.39, 0.29) is 6.61 Å². The molecule has 1 amide bonds. The fraction of sp³-hybridized carbons (Fsp3) is 0.235. The minimum Gasteiger partial charge on any atom is -0.445 e. The van der Waals surface area contributed by atoms with E-state index in [1.54, 1.807) is 18.7 Å². The van der Waals surface area contributed by atoms with Crippen LogP contribution in [0.4, 0.5) is 4.79 Å². The number of hydrogen-bond acceptors (Lipinski definition) is 4. The first-order valence-electron chi connectivity index (χ1n) is 7.33. The molecule has 6 nitrogen and oxygen atoms in total. The van der Waals surface area contributed by atoms with Crippen molar-refractivity contribution >= 4 is 11.6 Å². The molecule has 118 valence electrons. The third-order valence-corrected chi connectivity index (χ3v) is 3.53. The maximum Gasteiger partial charge on any atom is 0.408 e. The normalized spacial score (nSPS) is 11.4. The van der Waals surface area contributed by atoms with Gasteiger partial charge in [-0.3, -0.25) is 4.40 Å². The summed E-state index contributed by atoms with van der Waals surface area (Å²) in [5, 5.41) is 2.85. The number of nitrogens with zero attached hydrogens (tertiary/aromatic N) is 3. The van der Waals surface area contributed by atoms with Crippen LogP contribution in [0.15, 0.2) is 55.1 Å². The van der Waals surface area contributed by atoms with Crippen LogP contribution < -0.4 is 5.32 Å². The van der Waals surface area contributed by atoms with Crippen LogP contribution in [0.3, 0.4) is 0 Å². The Kier molecular flexibility index (Phi) is 3.97. The molecule has 0 aliphatic rings. The lowest BCUT2D eigenvalue weighted by atomic mass is 10.1. The van der Waals surface area contributed by atoms with Crippen molar-refractivity contribution < 1.29 is 9.53 Å². The number of rotatable bonds is 4. The van der Waals surface area contributed by atoms with Crippen molar-refractivity contribution in [3.63, 3.8) is 0 Å². The van der Waals surface area contributed by atoms with E-state index in [0.717, 1.165) is 11.1 Å². The number of carbonyl (C=O) groups excluding carboxylic acids is 1. The molecule has 2 heterocycles. The predicted octanol–water partition coefficient (Wildman–Crippen LogP) is 2.89. The highest BCUT2D eigenvalue weighted by Gasteiger charge is 2.28. The number of hydrogen-bond donors (Lipinski definition) is 1. The van der Waals surface area contributed by atoms with Gasteiger partial charge in [-0.1, -0.05) is 30.3 Å². The third kappa shape index (κ3) is 3.31. The summed E-state index contributed by atoms with van der Waals surface area (Å²) in [4.78, 5) is 20.6. The van der Waals surface area contributed by atoms with Crippen molar-refractivity contribution in [2.24, 2.45) is 0 Å². The van der Waals surface area contributed by atoms with Gasteiger partial charge >= 0.3 is 6.09 Å². The molecule has 0 radical (unpaired) electrons. The SMILES string of the molecule is CC(C)(NC(=O)OCc1ccccc1)c1ncc2ccncn12. The summed E-state index contributed by atoms with van der Waals surface area (Å²) in [6, 6.07) is 11.4. The van der Waals surface area contributed by atoms with Gasteiger partial charge in [0, 0.05) is 6.20 Å². The van der Waals surface area contributed by atoms with Crippen LogP contribution >= 0.6 is 0 Å². The van der Waals surface area contributed by atoms with E-state index < -0.39 is 11.6 Å². The van der Waals surface area contributed by atoms with E-state index in [4.69, 9.17) is 4.74 Å². The van der Waals surface area contributed by atoms with E-state index >= 15 is 0 Å². The molecule has 3 rings (SSSR count). The minimum absolute atomic E-state index is 0.229. The van der Waals surface area contributed by atoms with Crippen molar-refractivity contribution in [2.45, 2.75) is 26.0 Å². The molecule has 1 aromatic carbocycles. The lowest BCUT2D eigenvalue weighted by molar-refractivity contribution is 0.128. The van der Waals surface area contributed by atoms with Gasteiger partial charge in [-0.15, -0.1) is 0 Å². The first-order valence-corrected chi connectivity index (χ1v) is 7.33. The smallest absolute Gasteiger partial charge is 0.408 e. The van der Waals surface area contributed by atoms with Crippen molar-refractivity contribution in [1.82, 2.24) is 19.7 Å². The minimum atomic E-state index is -0.691. The van der Waals surface area contributed by atoms with Gasteiger partial charge in [0.05, 0.1) is 17.3 Å². The lowest BCUT2D eigenvalue weighted by Crippen LogP contribution is -2.42. The zero-order chi connectivity index (χ0) is 16.3. The van der Waals surface area contributed by atoms with E-state index in [2.05, 4.69) is 15.3 Å². The van der Waals surface area contributed by atoms with Crippen molar-refractivity contribution in [3.8, 4) is 0 Å². The van der Waals surface area contributed by atoms with E-state index in [1.165, 1.54) is 0 Å². The van der Waals surface area contributed by atoms with Gasteiger partial charge in [-0.25, -0.2) is 14.8 Å². The van der Waals surface area contributed by atoms with Gasteiger partial charge in [0.2, 0.25) is 0 Å². The number of carbonyl (C=O) groups is 1. The number of ether oxygens (including phenoxy) is 1. The highest BCUT2D eigenvalue weighted by molar-refractivity contribution is 5.68. The van der Waals surface area contributed by atoms with E-state index in [1.807, 2.05) is 54.6 Å². The molecule has 2 aromatic heterocycles. The second-order valence-electron chi connectivity index (χ2n) is 5.77. The Labute approximate surface area is 134 Å². The fourth-order valence-corrected chi connectivity index (χ4v) is 2.38. The number of fused-ring (bicyclic) bond motifs is 1. The average Bonchev–Trinajstić information content (AvgIpc) is 2.98. The molecule has 0 saturated carbocycles. The number of nitrogens with one attached hydrogen (secondary N) is 1. The van der Waals surface area contributed by atoms with Crippen molar-refractivity contribution in [3.05, 3.63) is 66.5 Å². The molecule has 6 heteroatoms. The van der Waals surface area contributed by atoms with Crippen LogP contribution in [0.5, 0.6) is 0 Å². The molecule has 0 saturated heterocycles. The Hall–Kier alpha value is -2.89. The number of amides is 1. The molecule has 3 aromatic rings. The predicted molar refractivity (Wildman–Crippen MR) is 85.8 cm³/mol. The largest absolute Gasteiger partial charge is 0.445 e. The van der Waals surface area contributed by atoms with Gasteiger partial charge in [-0.05, 0) is 25.5 Å². The summed E-state index contributed by atoms with van der Waals surface area (Å²) in [6.45, 7) is 3.98. The summed E-state index contributed by atoms with van der Waals surface area (Å²) in [6.07, 6.45) is 4.64. The highest BCUT2D eigenvalue weighted by Crippen LogP contribution is 2.20. The summed E-state index contributed by atoms with van der Waals surface area (Å²) in [5.74, 6) is 0.692. The first-order chi connectivity index (χ1) is 11.1. The second kappa shape index (κ2) is 6.08. The molecule has 1 N–H and O–H groups in total. The van der Waals surface area contributed by atoms with Crippen LogP contribution in [0, 0.1) is 0 Å². The molecule has 0 spiro atoms. The van der Waals surface area contributed by atoms with Gasteiger partial charge < -0.3 is 10.1 Å². The first kappa shape index (κ1) is 15.0. The third-order valence-electron chi connectivity index (χ3n) is 3.53. The molecule has 0 atom stereocenters. The Morgan fingerprint density at radius 3 is 2.83 bits per heavy atom. The zero-order valence-corrected chi connectivity index (χ0v) is 13.1. The Morgan fingerprint density at radius 1 is 1.26 bits per heavy atom. The fourth-order valence-electron chi connectivity index (χ4n) is 2.38. The maximum absolute atomic E-state index is 12.1. The molecule has 0 unspecified atom stereocenters. The van der Waals surface area contributed by atoms with Gasteiger partial charge in [0.1, 0.15) is 18.8 Å². The molecule has 0 fully saturated rings. The number of aromatic nitrogens is 3. The number of imidazole rings is 1. The highest BCUT2D eigenvalue weighted by atomic mass is 16.5. The van der Waals surface area contributed by atoms with Crippen molar-refractivity contribution in [1.29, 1.82) is 0 Å². The quantitative estimate of drug-likeness (QED) is 0.804. The molecular formula is C17H18N4O2. The second-order valence-corrected chi connectivity index (χ2v) is 5.77. The molecular weight excluding hydrogens is 292 g/mol. The van der Waals surface area contributed by atoms with Crippen LogP contribution in [-0.4, -0.2) is 20.5 Å².